The fraction of sp³-hybridized carbons (Fsp3) is 0.750. The number of hydrogen-bond donors (Lipinski definition) is 1. The lowest BCUT2D eigenvalue weighted by atomic mass is 9.75. The van der Waals surface area contributed by atoms with E-state index >= 15 is 4.79 Å². The fourth-order valence-electron chi connectivity index (χ4n) is 8.72. The third-order valence-corrected chi connectivity index (χ3v) is 11.9. The van der Waals surface area contributed by atoms with Gasteiger partial charge in [0.15, 0.2) is 6.04 Å². The second-order valence-corrected chi connectivity index (χ2v) is 16.3. The van der Waals surface area contributed by atoms with Crippen molar-refractivity contribution in [1.29, 1.82) is 0 Å². The Morgan fingerprint density at radius 1 is 1.07 bits per heavy atom. The molecule has 4 fully saturated rings. The molecule has 250 valence electrons. The van der Waals surface area contributed by atoms with E-state index in [0.29, 0.717) is 37.7 Å². The maximum atomic E-state index is 15.2. The van der Waals surface area contributed by atoms with Gasteiger partial charge >= 0.3 is 5.91 Å². The van der Waals surface area contributed by atoms with Gasteiger partial charge in [0.25, 0.3) is 11.8 Å². The van der Waals surface area contributed by atoms with Crippen LogP contribution in [0, 0.1) is 11.3 Å². The van der Waals surface area contributed by atoms with Crippen LogP contribution in [0.25, 0.3) is 0 Å². The van der Waals surface area contributed by atoms with Gasteiger partial charge in [-0.2, -0.15) is 0 Å². The van der Waals surface area contributed by atoms with E-state index < -0.39 is 12.1 Å². The minimum atomic E-state index is -0.549. The smallest absolute Gasteiger partial charge is 0.319 e. The molecule has 3 saturated heterocycles. The summed E-state index contributed by atoms with van der Waals surface area (Å²) >= 11 is 6.27. The minimum absolute atomic E-state index is 0.00914. The molecular weight excluding hydrogens is 588 g/mol. The van der Waals surface area contributed by atoms with E-state index in [4.69, 9.17) is 16.3 Å². The normalized spacial score (nSPS) is 32.5. The number of halogens is 1. The Labute approximate surface area is 275 Å². The van der Waals surface area contributed by atoms with Crippen LogP contribution in [0.5, 0.6) is 0 Å². The summed E-state index contributed by atoms with van der Waals surface area (Å²) in [5.41, 5.74) is 1.25. The van der Waals surface area contributed by atoms with E-state index in [1.165, 1.54) is 0 Å². The van der Waals surface area contributed by atoms with E-state index in [-0.39, 0.29) is 57.1 Å². The first-order valence-electron chi connectivity index (χ1n) is 17.3. The number of benzene rings is 1. The summed E-state index contributed by atoms with van der Waals surface area (Å²) in [6.45, 7) is 16.2. The van der Waals surface area contributed by atoms with Crippen LogP contribution in [0.4, 0.5) is 0 Å². The Balaban J connectivity index is 1.52. The molecule has 6 atom stereocenters. The van der Waals surface area contributed by atoms with Crippen molar-refractivity contribution < 1.29 is 23.6 Å². The van der Waals surface area contributed by atoms with E-state index in [1.54, 1.807) is 7.05 Å². The molecule has 0 spiro atoms. The molecule has 9 heteroatoms. The second-order valence-electron chi connectivity index (χ2n) is 15.9. The zero-order valence-corrected chi connectivity index (χ0v) is 29.4. The van der Waals surface area contributed by atoms with Crippen molar-refractivity contribution in [3.05, 3.63) is 34.9 Å². The molecule has 3 aliphatic heterocycles. The summed E-state index contributed by atoms with van der Waals surface area (Å²) in [4.78, 5) is 47.8. The number of nitrogens with zero attached hydrogens (tertiary/aromatic N) is 3. The molecule has 45 heavy (non-hydrogen) atoms. The fourth-order valence-corrected chi connectivity index (χ4v) is 8.85. The van der Waals surface area contributed by atoms with Crippen molar-refractivity contribution in [3.8, 4) is 0 Å². The van der Waals surface area contributed by atoms with Crippen LogP contribution < -0.4 is 5.32 Å². The molecule has 1 aromatic carbocycles. The molecule has 4 aliphatic rings. The number of likely N-dealkylation sites (N-methyl/N-ethyl adjacent to an activating group) is 2. The zero-order chi connectivity index (χ0) is 32.7. The number of carbonyl (C=O) groups is 3. The number of rotatable bonds is 7. The van der Waals surface area contributed by atoms with Gasteiger partial charge in [0, 0.05) is 55.7 Å². The Morgan fingerprint density at radius 2 is 1.73 bits per heavy atom. The largest absolute Gasteiger partial charge is 0.368 e. The number of hydrogen-bond acceptors (Lipinski definition) is 5. The van der Waals surface area contributed by atoms with Crippen LogP contribution >= 0.6 is 11.6 Å². The second kappa shape index (κ2) is 13.2. The van der Waals surface area contributed by atoms with Gasteiger partial charge in [-0.05, 0) is 89.3 Å². The summed E-state index contributed by atoms with van der Waals surface area (Å²) in [5, 5.41) is 3.57. The van der Waals surface area contributed by atoms with Crippen molar-refractivity contribution in [3.63, 3.8) is 0 Å². The van der Waals surface area contributed by atoms with Crippen LogP contribution in [0.3, 0.4) is 0 Å². The zero-order valence-electron chi connectivity index (χ0n) is 28.6. The van der Waals surface area contributed by atoms with Gasteiger partial charge in [-0.3, -0.25) is 14.5 Å². The van der Waals surface area contributed by atoms with Gasteiger partial charge in [0.05, 0.1) is 18.5 Å². The molecule has 0 radical (unpaired) electrons. The van der Waals surface area contributed by atoms with Crippen molar-refractivity contribution in [2.24, 2.45) is 11.3 Å². The average Bonchev–Trinajstić information content (AvgIpc) is 3.77. The van der Waals surface area contributed by atoms with Crippen LogP contribution in [0.2, 0.25) is 5.02 Å². The highest BCUT2D eigenvalue weighted by Crippen LogP contribution is 2.44. The SMILES string of the molecule is CC[N+]1(C(=O)[C@@H]2CN(C(C)(C)C)C[C@H]2c2ccc(Cl)cc2)C[C@@H](N(C(=O)[C@@H]2CCCO2)C2CCC(C)(C)CC2)C[C@H]1C(=O)NC. The highest BCUT2D eigenvalue weighted by atomic mass is 35.5. The molecule has 3 amide bonds. The monoisotopic (exact) mass is 643 g/mol. The number of nitrogens with one attached hydrogen (secondary N) is 1. The van der Waals surface area contributed by atoms with E-state index in [9.17, 15) is 9.59 Å². The van der Waals surface area contributed by atoms with Crippen LogP contribution in [-0.2, 0) is 19.1 Å². The Hall–Kier alpha value is -2.00. The summed E-state index contributed by atoms with van der Waals surface area (Å²) in [6, 6.07) is 7.25. The Morgan fingerprint density at radius 3 is 2.29 bits per heavy atom. The molecule has 1 aromatic rings. The number of likely N-dealkylation sites (tertiary alicyclic amines) is 2. The van der Waals surface area contributed by atoms with Crippen molar-refractivity contribution >= 4 is 29.3 Å². The summed E-state index contributed by atoms with van der Waals surface area (Å²) in [7, 11) is 1.66. The molecule has 0 bridgehead atoms. The Bertz CT molecular complexity index is 1230. The van der Waals surface area contributed by atoms with Gasteiger partial charge in [-0.15, -0.1) is 0 Å². The molecule has 1 unspecified atom stereocenters. The lowest BCUT2D eigenvalue weighted by Gasteiger charge is -2.43. The number of quaternary nitrogens is 1. The Kier molecular flexibility index (Phi) is 10.1. The van der Waals surface area contributed by atoms with Crippen LogP contribution in [-0.4, -0.2) is 102 Å². The van der Waals surface area contributed by atoms with Gasteiger partial charge < -0.3 is 15.0 Å². The molecule has 1 N–H and O–H groups in total. The highest BCUT2D eigenvalue weighted by Gasteiger charge is 2.60. The molecule has 0 aromatic heterocycles. The highest BCUT2D eigenvalue weighted by molar-refractivity contribution is 6.30. The molecule has 3 heterocycles. The predicted octanol–water partition coefficient (Wildman–Crippen LogP) is 5.38. The molecule has 1 aliphatic carbocycles. The lowest BCUT2D eigenvalue weighted by Crippen LogP contribution is -2.63. The molecular formula is C36H56ClN4O4+. The van der Waals surface area contributed by atoms with E-state index in [1.807, 2.05) is 31.2 Å². The van der Waals surface area contributed by atoms with E-state index in [0.717, 1.165) is 50.6 Å². The lowest BCUT2D eigenvalue weighted by molar-refractivity contribution is -0.858. The van der Waals surface area contributed by atoms with Crippen molar-refractivity contribution in [2.75, 3.05) is 39.8 Å². The standard InChI is InChI=1S/C36H55ClN4O4/c1-8-41(34(44)29-22-39(35(2,3)4)21-28(29)24-11-13-25(37)14-12-24)23-27(20-30(41)32(42)38-7)40(33(43)31-10-9-19-45-31)26-15-17-36(5,6)18-16-26/h11-14,26-31H,8-10,15-23H2,1-7H3/p+1/t27-,28-,29+,30-,31-,41?/m0/s1. The first kappa shape index (κ1) is 34.3. The molecule has 1 saturated carbocycles. The van der Waals surface area contributed by atoms with Crippen LogP contribution in [0.1, 0.15) is 98.0 Å². The third kappa shape index (κ3) is 6.86. The van der Waals surface area contributed by atoms with Gasteiger partial charge in [0.1, 0.15) is 12.6 Å². The quantitative estimate of drug-likeness (QED) is 0.404. The predicted molar refractivity (Wildman–Crippen MR) is 178 cm³/mol. The first-order chi connectivity index (χ1) is 21.2. The van der Waals surface area contributed by atoms with Crippen molar-refractivity contribution in [2.45, 2.75) is 122 Å². The van der Waals surface area contributed by atoms with E-state index in [2.05, 4.69) is 49.7 Å². The summed E-state index contributed by atoms with van der Waals surface area (Å²) in [5.74, 6) is -0.232. The van der Waals surface area contributed by atoms with Crippen LogP contribution in [0.15, 0.2) is 24.3 Å². The molecule has 8 nitrogen and oxygen atoms in total. The average molecular weight is 644 g/mol. The van der Waals surface area contributed by atoms with Gasteiger partial charge in [-0.1, -0.05) is 37.6 Å². The number of ether oxygens (including phenoxy) is 1. The number of amides is 3. The van der Waals surface area contributed by atoms with Gasteiger partial charge in [0.2, 0.25) is 0 Å². The third-order valence-electron chi connectivity index (χ3n) is 11.6. The summed E-state index contributed by atoms with van der Waals surface area (Å²) < 4.78 is 6.02. The maximum absolute atomic E-state index is 15.2. The van der Waals surface area contributed by atoms with Crippen molar-refractivity contribution in [1.82, 2.24) is 15.1 Å². The maximum Gasteiger partial charge on any atom is 0.319 e. The first-order valence-corrected chi connectivity index (χ1v) is 17.7. The minimum Gasteiger partial charge on any atom is -0.368 e. The van der Waals surface area contributed by atoms with Gasteiger partial charge in [-0.25, -0.2) is 9.28 Å². The number of carbonyl (C=O) groups excluding carboxylic acids is 3. The summed E-state index contributed by atoms with van der Waals surface area (Å²) in [6.07, 6.45) is 5.67. The topological polar surface area (TPSA) is 79.0 Å². The molecule has 5 rings (SSSR count).